The summed E-state index contributed by atoms with van der Waals surface area (Å²) in [4.78, 5) is 35.2. The molecular formula is C15H18N2O4S. The maximum absolute atomic E-state index is 12.1. The fourth-order valence-corrected chi connectivity index (χ4v) is 2.94. The van der Waals surface area contributed by atoms with Crippen LogP contribution in [0.5, 0.6) is 0 Å². The van der Waals surface area contributed by atoms with Crippen molar-refractivity contribution < 1.29 is 19.1 Å². The van der Waals surface area contributed by atoms with Crippen molar-refractivity contribution in [3.63, 3.8) is 0 Å². The SMILES string of the molecule is C[C@@H](OC(=O)[C@@H]1CC=CCC1)C(=O)Nc1sccc1C(N)=O. The Morgan fingerprint density at radius 2 is 2.18 bits per heavy atom. The van der Waals surface area contributed by atoms with E-state index in [4.69, 9.17) is 10.5 Å². The molecule has 2 amide bonds. The minimum Gasteiger partial charge on any atom is -0.452 e. The summed E-state index contributed by atoms with van der Waals surface area (Å²) in [6.07, 6.45) is 5.27. The summed E-state index contributed by atoms with van der Waals surface area (Å²) in [5, 5.41) is 4.58. The largest absolute Gasteiger partial charge is 0.452 e. The molecule has 1 aliphatic carbocycles. The Morgan fingerprint density at radius 1 is 1.41 bits per heavy atom. The van der Waals surface area contributed by atoms with Gasteiger partial charge in [0.15, 0.2) is 6.10 Å². The Labute approximate surface area is 132 Å². The lowest BCUT2D eigenvalue weighted by Gasteiger charge is -2.19. The zero-order chi connectivity index (χ0) is 16.1. The fourth-order valence-electron chi connectivity index (χ4n) is 2.15. The summed E-state index contributed by atoms with van der Waals surface area (Å²) in [7, 11) is 0. The molecule has 1 aromatic rings. The minimum atomic E-state index is -0.929. The molecule has 118 valence electrons. The van der Waals surface area contributed by atoms with Crippen LogP contribution in [0.4, 0.5) is 5.00 Å². The van der Waals surface area contributed by atoms with Gasteiger partial charge in [-0.3, -0.25) is 14.4 Å². The van der Waals surface area contributed by atoms with Crippen LogP contribution >= 0.6 is 11.3 Å². The van der Waals surface area contributed by atoms with E-state index in [0.717, 1.165) is 12.8 Å². The molecule has 3 N–H and O–H groups in total. The van der Waals surface area contributed by atoms with E-state index in [1.54, 1.807) is 5.38 Å². The Hall–Kier alpha value is -2.15. The van der Waals surface area contributed by atoms with Gasteiger partial charge >= 0.3 is 5.97 Å². The highest BCUT2D eigenvalue weighted by Gasteiger charge is 2.25. The molecule has 0 aromatic carbocycles. The number of thiophene rings is 1. The van der Waals surface area contributed by atoms with Gasteiger partial charge in [-0.05, 0) is 37.6 Å². The van der Waals surface area contributed by atoms with E-state index in [1.165, 1.54) is 24.3 Å². The number of ether oxygens (including phenoxy) is 1. The number of hydrogen-bond donors (Lipinski definition) is 2. The molecule has 0 spiro atoms. The molecule has 1 aliphatic rings. The van der Waals surface area contributed by atoms with Gasteiger partial charge in [-0.1, -0.05) is 12.2 Å². The van der Waals surface area contributed by atoms with Gasteiger partial charge in [0.25, 0.3) is 11.8 Å². The molecule has 6 nitrogen and oxygen atoms in total. The van der Waals surface area contributed by atoms with Gasteiger partial charge in [0, 0.05) is 0 Å². The summed E-state index contributed by atoms with van der Waals surface area (Å²) in [6, 6.07) is 1.54. The molecule has 7 heteroatoms. The first kappa shape index (κ1) is 16.2. The topological polar surface area (TPSA) is 98.5 Å². The standard InChI is InChI=1S/C15H18N2O4S/c1-9(21-15(20)10-5-3-2-4-6-10)13(19)17-14-11(12(16)18)7-8-22-14/h2-3,7-10H,4-6H2,1H3,(H2,16,18)(H,17,19)/t9-,10-/m1/s1. The first-order valence-electron chi connectivity index (χ1n) is 7.02. The molecule has 0 unspecified atom stereocenters. The van der Waals surface area contributed by atoms with Crippen molar-refractivity contribution in [2.45, 2.75) is 32.3 Å². The molecule has 2 rings (SSSR count). The van der Waals surface area contributed by atoms with Gasteiger partial charge in [0.1, 0.15) is 5.00 Å². The number of allylic oxidation sites excluding steroid dienone is 2. The van der Waals surface area contributed by atoms with Crippen molar-refractivity contribution in [3.8, 4) is 0 Å². The number of nitrogens with two attached hydrogens (primary N) is 1. The van der Waals surface area contributed by atoms with Gasteiger partial charge < -0.3 is 15.8 Å². The Bertz CT molecular complexity index is 608. The van der Waals surface area contributed by atoms with Gasteiger partial charge in [0.05, 0.1) is 11.5 Å². The van der Waals surface area contributed by atoms with E-state index < -0.39 is 17.9 Å². The normalized spacial score (nSPS) is 18.5. The average Bonchev–Trinajstić information content (AvgIpc) is 2.96. The highest BCUT2D eigenvalue weighted by molar-refractivity contribution is 7.14. The molecule has 1 heterocycles. The predicted molar refractivity (Wildman–Crippen MR) is 83.5 cm³/mol. The molecule has 0 aliphatic heterocycles. The van der Waals surface area contributed by atoms with Crippen molar-refractivity contribution >= 4 is 34.1 Å². The van der Waals surface area contributed by atoms with Crippen LogP contribution < -0.4 is 11.1 Å². The number of amides is 2. The minimum absolute atomic E-state index is 0.192. The molecule has 0 saturated heterocycles. The summed E-state index contributed by atoms with van der Waals surface area (Å²) in [5.74, 6) is -1.66. The number of anilines is 1. The Kier molecular flexibility index (Phi) is 5.32. The zero-order valence-electron chi connectivity index (χ0n) is 12.2. The number of nitrogens with one attached hydrogen (secondary N) is 1. The van der Waals surface area contributed by atoms with Crippen LogP contribution in [0.3, 0.4) is 0 Å². The summed E-state index contributed by atoms with van der Waals surface area (Å²) < 4.78 is 5.20. The number of carbonyl (C=O) groups excluding carboxylic acids is 3. The lowest BCUT2D eigenvalue weighted by Crippen LogP contribution is -2.32. The second kappa shape index (κ2) is 7.22. The molecule has 0 saturated carbocycles. The fraction of sp³-hybridized carbons (Fsp3) is 0.400. The number of rotatable bonds is 5. The van der Waals surface area contributed by atoms with Gasteiger partial charge in [0.2, 0.25) is 0 Å². The number of hydrogen-bond acceptors (Lipinski definition) is 5. The monoisotopic (exact) mass is 322 g/mol. The maximum Gasteiger partial charge on any atom is 0.310 e. The summed E-state index contributed by atoms with van der Waals surface area (Å²) >= 11 is 1.19. The van der Waals surface area contributed by atoms with E-state index in [1.807, 2.05) is 12.2 Å². The quantitative estimate of drug-likeness (QED) is 0.640. The maximum atomic E-state index is 12.1. The number of primary amides is 1. The van der Waals surface area contributed by atoms with Crippen LogP contribution in [0.1, 0.15) is 36.5 Å². The van der Waals surface area contributed by atoms with Gasteiger partial charge in [-0.2, -0.15) is 0 Å². The highest BCUT2D eigenvalue weighted by Crippen LogP contribution is 2.24. The second-order valence-corrected chi connectivity index (χ2v) is 5.99. The lowest BCUT2D eigenvalue weighted by atomic mass is 9.95. The lowest BCUT2D eigenvalue weighted by molar-refractivity contribution is -0.157. The van der Waals surface area contributed by atoms with Crippen molar-refractivity contribution in [2.24, 2.45) is 11.7 Å². The van der Waals surface area contributed by atoms with Crippen LogP contribution in [-0.4, -0.2) is 23.9 Å². The van der Waals surface area contributed by atoms with Crippen molar-refractivity contribution in [2.75, 3.05) is 5.32 Å². The van der Waals surface area contributed by atoms with Crippen molar-refractivity contribution in [3.05, 3.63) is 29.2 Å². The molecule has 22 heavy (non-hydrogen) atoms. The summed E-state index contributed by atoms with van der Waals surface area (Å²) in [5.41, 5.74) is 5.46. The third-order valence-corrected chi connectivity index (χ3v) is 4.26. The smallest absolute Gasteiger partial charge is 0.310 e. The van der Waals surface area contributed by atoms with Crippen LogP contribution in [0.25, 0.3) is 0 Å². The van der Waals surface area contributed by atoms with E-state index in [0.29, 0.717) is 11.4 Å². The molecule has 0 bridgehead atoms. The molecule has 0 radical (unpaired) electrons. The average molecular weight is 322 g/mol. The molecule has 0 fully saturated rings. The third-order valence-electron chi connectivity index (χ3n) is 3.43. The van der Waals surface area contributed by atoms with Gasteiger partial charge in [-0.25, -0.2) is 0 Å². The number of esters is 1. The molecule has 1 aromatic heterocycles. The predicted octanol–water partition coefficient (Wildman–Crippen LogP) is 2.07. The molecular weight excluding hydrogens is 304 g/mol. The second-order valence-electron chi connectivity index (χ2n) is 5.08. The number of carbonyl (C=O) groups is 3. The van der Waals surface area contributed by atoms with Crippen LogP contribution in [0.2, 0.25) is 0 Å². The van der Waals surface area contributed by atoms with Crippen LogP contribution in [0, 0.1) is 5.92 Å². The van der Waals surface area contributed by atoms with Gasteiger partial charge in [-0.15, -0.1) is 11.3 Å². The van der Waals surface area contributed by atoms with Crippen LogP contribution in [-0.2, 0) is 14.3 Å². The third kappa shape index (κ3) is 3.94. The molecule has 2 atom stereocenters. The first-order valence-corrected chi connectivity index (χ1v) is 7.90. The van der Waals surface area contributed by atoms with Crippen molar-refractivity contribution in [1.29, 1.82) is 0 Å². The van der Waals surface area contributed by atoms with E-state index in [-0.39, 0.29) is 17.5 Å². The highest BCUT2D eigenvalue weighted by atomic mass is 32.1. The first-order chi connectivity index (χ1) is 10.5. The Balaban J connectivity index is 1.91. The van der Waals surface area contributed by atoms with E-state index in [9.17, 15) is 14.4 Å². The Morgan fingerprint density at radius 3 is 2.82 bits per heavy atom. The van der Waals surface area contributed by atoms with E-state index in [2.05, 4.69) is 5.32 Å². The van der Waals surface area contributed by atoms with E-state index >= 15 is 0 Å². The van der Waals surface area contributed by atoms with Crippen LogP contribution in [0.15, 0.2) is 23.6 Å². The van der Waals surface area contributed by atoms with Crippen molar-refractivity contribution in [1.82, 2.24) is 0 Å². The zero-order valence-corrected chi connectivity index (χ0v) is 13.0. The summed E-state index contributed by atoms with van der Waals surface area (Å²) in [6.45, 7) is 1.50.